The number of methoxy groups -OCH3 is 1. The van der Waals surface area contributed by atoms with Crippen molar-refractivity contribution in [3.05, 3.63) is 54.2 Å². The van der Waals surface area contributed by atoms with Crippen molar-refractivity contribution in [3.8, 4) is 5.88 Å². The monoisotopic (exact) mass is 532 g/mol. The van der Waals surface area contributed by atoms with Crippen molar-refractivity contribution in [2.24, 2.45) is 0 Å². The first kappa shape index (κ1) is 25.4. The second-order valence-corrected chi connectivity index (χ2v) is 9.52. The number of alkyl halides is 3. The van der Waals surface area contributed by atoms with Crippen LogP contribution in [0.4, 0.5) is 19.0 Å². The van der Waals surface area contributed by atoms with Gasteiger partial charge in [-0.05, 0) is 44.4 Å². The number of nitrogens with zero attached hydrogens (tertiary/aromatic N) is 5. The molecule has 14 heteroatoms. The zero-order valence-corrected chi connectivity index (χ0v) is 20.3. The lowest BCUT2D eigenvalue weighted by atomic mass is 9.84. The second-order valence-electron chi connectivity index (χ2n) is 9.52. The number of carboxylic acid groups (broad SMARTS) is 1. The molecule has 0 spiro atoms. The minimum atomic E-state index is -5.08. The van der Waals surface area contributed by atoms with Crippen molar-refractivity contribution in [3.63, 3.8) is 0 Å². The fraction of sp³-hybridized carbons (Fsp3) is 0.375. The number of carboxylic acids is 1. The molecule has 4 aromatic heterocycles. The molecule has 2 N–H and O–H groups in total. The summed E-state index contributed by atoms with van der Waals surface area (Å²) in [5.74, 6) is -2.33. The van der Waals surface area contributed by atoms with E-state index in [9.17, 15) is 18.0 Å². The smallest absolute Gasteiger partial charge is 0.478 e. The van der Waals surface area contributed by atoms with Gasteiger partial charge in [-0.1, -0.05) is 6.07 Å². The highest BCUT2D eigenvalue weighted by Gasteiger charge is 2.55. The van der Waals surface area contributed by atoms with Crippen LogP contribution in [0.15, 0.2) is 42.9 Å². The van der Waals surface area contributed by atoms with Crippen LogP contribution in [0.2, 0.25) is 0 Å². The fourth-order valence-corrected chi connectivity index (χ4v) is 4.97. The first-order valence-corrected chi connectivity index (χ1v) is 11.6. The number of ether oxygens (including phenoxy) is 2. The Morgan fingerprint density at radius 2 is 1.95 bits per heavy atom. The van der Waals surface area contributed by atoms with Crippen LogP contribution in [0.25, 0.3) is 11.2 Å². The lowest BCUT2D eigenvalue weighted by molar-refractivity contribution is -0.192. The molecular weight excluding hydrogens is 509 g/mol. The largest absolute Gasteiger partial charge is 0.490 e. The summed E-state index contributed by atoms with van der Waals surface area (Å²) >= 11 is 0. The molecule has 2 fully saturated rings. The molecule has 1 aliphatic heterocycles. The molecule has 200 valence electrons. The molecule has 2 aliphatic rings. The number of aliphatic carboxylic acids is 1. The first-order chi connectivity index (χ1) is 17.9. The predicted octanol–water partition coefficient (Wildman–Crippen LogP) is 3.48. The number of imidazole rings is 1. The van der Waals surface area contributed by atoms with E-state index in [1.165, 1.54) is 0 Å². The molecule has 1 saturated carbocycles. The number of carbonyl (C=O) groups excluding carboxylic acids is 1. The van der Waals surface area contributed by atoms with Crippen molar-refractivity contribution >= 4 is 28.9 Å². The molecule has 2 unspecified atom stereocenters. The summed E-state index contributed by atoms with van der Waals surface area (Å²) in [4.78, 5) is 31.1. The third-order valence-corrected chi connectivity index (χ3v) is 6.82. The second kappa shape index (κ2) is 8.97. The Balaban J connectivity index is 0.000000374. The van der Waals surface area contributed by atoms with Gasteiger partial charge in [0.05, 0.1) is 42.9 Å². The summed E-state index contributed by atoms with van der Waals surface area (Å²) in [6.07, 6.45) is 3.40. The molecule has 0 aromatic carbocycles. The van der Waals surface area contributed by atoms with Gasteiger partial charge in [0.25, 0.3) is 11.8 Å². The van der Waals surface area contributed by atoms with Gasteiger partial charge >= 0.3 is 12.1 Å². The molecule has 6 rings (SSSR count). The Morgan fingerprint density at radius 3 is 2.55 bits per heavy atom. The number of rotatable bonds is 4. The Kier molecular flexibility index (Phi) is 6.01. The first-order valence-electron chi connectivity index (χ1n) is 11.6. The van der Waals surface area contributed by atoms with Crippen LogP contribution in [0.1, 0.15) is 42.4 Å². The highest BCUT2D eigenvalue weighted by molar-refractivity contribution is 6.03. The normalized spacial score (nSPS) is 22.3. The predicted molar refractivity (Wildman–Crippen MR) is 126 cm³/mol. The number of pyridine rings is 1. The topological polar surface area (TPSA) is 132 Å². The van der Waals surface area contributed by atoms with Crippen LogP contribution in [0.3, 0.4) is 0 Å². The van der Waals surface area contributed by atoms with Crippen LogP contribution < -0.4 is 10.1 Å². The van der Waals surface area contributed by atoms with E-state index in [-0.39, 0.29) is 16.9 Å². The number of hydrogen-bond acceptors (Lipinski definition) is 7. The van der Waals surface area contributed by atoms with Gasteiger partial charge in [-0.25, -0.2) is 14.3 Å². The lowest BCUT2D eigenvalue weighted by Crippen LogP contribution is -2.26. The molecular formula is C24H23F3N6O5. The number of nitrogens with one attached hydrogen (secondary N) is 1. The summed E-state index contributed by atoms with van der Waals surface area (Å²) in [6, 6.07) is 7.28. The van der Waals surface area contributed by atoms with Crippen LogP contribution in [-0.2, 0) is 14.9 Å². The Bertz CT molecular complexity index is 1540. The van der Waals surface area contributed by atoms with Crippen molar-refractivity contribution in [2.75, 3.05) is 19.0 Å². The average Bonchev–Trinajstić information content (AvgIpc) is 3.64. The van der Waals surface area contributed by atoms with Gasteiger partial charge in [0.1, 0.15) is 5.69 Å². The lowest BCUT2D eigenvalue weighted by Gasteiger charge is -2.24. The van der Waals surface area contributed by atoms with E-state index >= 15 is 0 Å². The Labute approximate surface area is 213 Å². The molecule has 5 heterocycles. The number of fused-ring (bicyclic) bond motifs is 4. The van der Waals surface area contributed by atoms with E-state index in [1.807, 2.05) is 28.8 Å². The maximum atomic E-state index is 12.9. The zero-order chi connectivity index (χ0) is 27.3. The van der Waals surface area contributed by atoms with Crippen LogP contribution in [-0.4, -0.2) is 66.5 Å². The third-order valence-electron chi connectivity index (χ3n) is 6.82. The Hall–Kier alpha value is -4.20. The maximum Gasteiger partial charge on any atom is 0.490 e. The van der Waals surface area contributed by atoms with E-state index in [0.29, 0.717) is 29.6 Å². The molecule has 4 aromatic rings. The van der Waals surface area contributed by atoms with Gasteiger partial charge < -0.3 is 19.9 Å². The fourth-order valence-electron chi connectivity index (χ4n) is 4.97. The minimum Gasteiger partial charge on any atom is -0.478 e. The quantitative estimate of drug-likeness (QED) is 0.408. The van der Waals surface area contributed by atoms with Gasteiger partial charge in [-0.2, -0.15) is 23.3 Å². The summed E-state index contributed by atoms with van der Waals surface area (Å²) in [7, 11) is 1.55. The molecule has 11 nitrogen and oxygen atoms in total. The Morgan fingerprint density at radius 1 is 1.18 bits per heavy atom. The van der Waals surface area contributed by atoms with Gasteiger partial charge in [-0.15, -0.1) is 0 Å². The van der Waals surface area contributed by atoms with Gasteiger partial charge in [0.2, 0.25) is 5.65 Å². The van der Waals surface area contributed by atoms with Crippen molar-refractivity contribution in [1.82, 2.24) is 24.0 Å². The molecule has 38 heavy (non-hydrogen) atoms. The SMILES string of the molecule is COc1nc(NC(=O)c2cccc3ccnn23)cn2cc(C34CCC(C)(C3)OC4)nc12.O=C(O)C(F)(F)F. The van der Waals surface area contributed by atoms with E-state index in [2.05, 4.69) is 22.3 Å². The molecule has 2 atom stereocenters. The number of carbonyl (C=O) groups is 2. The van der Waals surface area contributed by atoms with Crippen LogP contribution in [0.5, 0.6) is 5.88 Å². The standard InChI is InChI=1S/C22H22N6O3.C2HF3O2/c1-21-7-8-22(12-21,13-31-21)16-10-27-11-17(26-20(30-2)18(27)24-16)25-19(29)15-5-3-4-14-6-9-23-28(14)15;3-2(4,5)1(6)7/h3-6,9-11H,7-8,12-13H2,1-2H3,(H,25,29);(H,6,7). The van der Waals surface area contributed by atoms with Crippen molar-refractivity contribution in [1.29, 1.82) is 0 Å². The van der Waals surface area contributed by atoms with E-state index < -0.39 is 12.1 Å². The molecule has 1 aliphatic carbocycles. The van der Waals surface area contributed by atoms with Crippen LogP contribution in [0, 0.1) is 0 Å². The van der Waals surface area contributed by atoms with Gasteiger partial charge in [0.15, 0.2) is 5.82 Å². The number of halogens is 3. The van der Waals surface area contributed by atoms with E-state index in [0.717, 1.165) is 30.5 Å². The number of hydrogen-bond donors (Lipinski definition) is 2. The van der Waals surface area contributed by atoms with E-state index in [1.54, 1.807) is 30.1 Å². The van der Waals surface area contributed by atoms with Crippen LogP contribution >= 0.6 is 0 Å². The third kappa shape index (κ3) is 4.51. The zero-order valence-electron chi connectivity index (χ0n) is 20.3. The number of amides is 1. The molecule has 0 radical (unpaired) electrons. The number of aromatic nitrogens is 5. The minimum absolute atomic E-state index is 0.0508. The highest BCUT2D eigenvalue weighted by atomic mass is 19.4. The van der Waals surface area contributed by atoms with Crippen molar-refractivity contribution < 1.29 is 37.3 Å². The summed E-state index contributed by atoms with van der Waals surface area (Å²) in [5.41, 5.74) is 2.75. The average molecular weight is 532 g/mol. The molecule has 1 saturated heterocycles. The van der Waals surface area contributed by atoms with E-state index in [4.69, 9.17) is 24.4 Å². The van der Waals surface area contributed by atoms with Gasteiger partial charge in [0, 0.05) is 11.6 Å². The van der Waals surface area contributed by atoms with Crippen molar-refractivity contribution in [2.45, 2.75) is 43.4 Å². The highest BCUT2D eigenvalue weighted by Crippen LogP contribution is 2.53. The van der Waals surface area contributed by atoms with Gasteiger partial charge in [-0.3, -0.25) is 9.20 Å². The molecule has 1 amide bonds. The summed E-state index contributed by atoms with van der Waals surface area (Å²) in [6.45, 7) is 2.86. The maximum absolute atomic E-state index is 12.9. The summed E-state index contributed by atoms with van der Waals surface area (Å²) in [5, 5.41) is 14.2. The molecule has 2 bridgehead atoms. The number of anilines is 1. The summed E-state index contributed by atoms with van der Waals surface area (Å²) < 4.78 is 46.7.